The van der Waals surface area contributed by atoms with E-state index >= 15 is 0 Å². The monoisotopic (exact) mass is 389 g/mol. The lowest BCUT2D eigenvalue weighted by Crippen LogP contribution is -2.48. The molecule has 1 amide bonds. The van der Waals surface area contributed by atoms with E-state index in [0.29, 0.717) is 5.75 Å². The Hall–Kier alpha value is -1.70. The average molecular weight is 389 g/mol. The first-order valence-corrected chi connectivity index (χ1v) is 9.39. The largest absolute Gasteiger partial charge is 0.461 e. The normalized spacial score (nSPS) is 20.7. The van der Waals surface area contributed by atoms with Crippen LogP contribution in [0.15, 0.2) is 24.3 Å². The number of alkyl halides is 3. The summed E-state index contributed by atoms with van der Waals surface area (Å²) in [5.41, 5.74) is -0.700. The number of esters is 1. The Labute approximate surface area is 155 Å². The van der Waals surface area contributed by atoms with Crippen LogP contribution in [0.3, 0.4) is 0 Å². The van der Waals surface area contributed by atoms with Gasteiger partial charge in [0.05, 0.1) is 17.0 Å². The molecule has 0 bridgehead atoms. The Morgan fingerprint density at radius 2 is 1.73 bits per heavy atom. The molecule has 0 radical (unpaired) electrons. The van der Waals surface area contributed by atoms with Crippen molar-refractivity contribution in [3.8, 4) is 0 Å². The van der Waals surface area contributed by atoms with Crippen molar-refractivity contribution in [2.75, 3.05) is 5.75 Å². The summed E-state index contributed by atoms with van der Waals surface area (Å²) >= 11 is 1.48. The molecule has 26 heavy (non-hydrogen) atoms. The van der Waals surface area contributed by atoms with Gasteiger partial charge in [-0.1, -0.05) is 13.8 Å². The third-order valence-corrected chi connectivity index (χ3v) is 5.54. The minimum absolute atomic E-state index is 0.0789. The van der Waals surface area contributed by atoms with Crippen molar-refractivity contribution in [2.45, 2.75) is 51.4 Å². The van der Waals surface area contributed by atoms with E-state index in [1.165, 1.54) is 16.7 Å². The smallest absolute Gasteiger partial charge is 0.416 e. The van der Waals surface area contributed by atoms with Gasteiger partial charge in [0.25, 0.3) is 5.91 Å². The molecule has 1 aliphatic heterocycles. The SMILES string of the molecule is CC(C)OC(=O)C1CSC(C(C)C)N1C(=O)c1ccc(C(F)(F)F)cc1. The first kappa shape index (κ1) is 20.6. The first-order valence-electron chi connectivity index (χ1n) is 8.34. The van der Waals surface area contributed by atoms with Gasteiger partial charge in [-0.25, -0.2) is 4.79 Å². The molecule has 2 rings (SSSR count). The predicted molar refractivity (Wildman–Crippen MR) is 93.7 cm³/mol. The number of halogens is 3. The third kappa shape index (κ3) is 4.52. The maximum Gasteiger partial charge on any atom is 0.416 e. The Morgan fingerprint density at radius 3 is 2.19 bits per heavy atom. The Morgan fingerprint density at radius 1 is 1.15 bits per heavy atom. The number of rotatable bonds is 4. The van der Waals surface area contributed by atoms with Gasteiger partial charge in [-0.3, -0.25) is 4.79 Å². The Kier molecular flexibility index (Phi) is 6.26. The van der Waals surface area contributed by atoms with Gasteiger partial charge in [0.15, 0.2) is 0 Å². The quantitative estimate of drug-likeness (QED) is 0.725. The standard InChI is InChI=1S/C18H22F3NO3S/c1-10(2)16-22(14(9-26-16)17(24)25-11(3)4)15(23)12-5-7-13(8-6-12)18(19,20)21/h5-8,10-11,14,16H,9H2,1-4H3. The van der Waals surface area contributed by atoms with Crippen LogP contribution in [0.25, 0.3) is 0 Å². The molecule has 1 saturated heterocycles. The summed E-state index contributed by atoms with van der Waals surface area (Å²) < 4.78 is 43.4. The van der Waals surface area contributed by atoms with Crippen molar-refractivity contribution in [3.63, 3.8) is 0 Å². The van der Waals surface area contributed by atoms with Crippen LogP contribution >= 0.6 is 11.8 Å². The number of benzene rings is 1. The van der Waals surface area contributed by atoms with Crippen LogP contribution in [-0.2, 0) is 15.7 Å². The van der Waals surface area contributed by atoms with E-state index in [2.05, 4.69) is 0 Å². The Bertz CT molecular complexity index is 659. The summed E-state index contributed by atoms with van der Waals surface area (Å²) in [4.78, 5) is 26.8. The summed E-state index contributed by atoms with van der Waals surface area (Å²) in [6, 6.07) is 3.31. The molecular formula is C18H22F3NO3S. The van der Waals surface area contributed by atoms with Crippen molar-refractivity contribution in [1.82, 2.24) is 4.90 Å². The number of carbonyl (C=O) groups is 2. The van der Waals surface area contributed by atoms with Crippen molar-refractivity contribution in [3.05, 3.63) is 35.4 Å². The van der Waals surface area contributed by atoms with E-state index in [1.54, 1.807) is 13.8 Å². The zero-order valence-corrected chi connectivity index (χ0v) is 15.9. The summed E-state index contributed by atoms with van der Waals surface area (Å²) in [5, 5.41) is -0.241. The molecule has 0 aromatic heterocycles. The van der Waals surface area contributed by atoms with Crippen LogP contribution in [-0.4, -0.2) is 40.0 Å². The van der Waals surface area contributed by atoms with E-state index in [0.717, 1.165) is 24.3 Å². The second-order valence-electron chi connectivity index (χ2n) is 6.76. The molecule has 1 heterocycles. The summed E-state index contributed by atoms with van der Waals surface area (Å²) in [5.74, 6) is -0.472. The molecule has 1 aromatic carbocycles. The minimum Gasteiger partial charge on any atom is -0.461 e. The molecule has 8 heteroatoms. The fraction of sp³-hybridized carbons (Fsp3) is 0.556. The van der Waals surface area contributed by atoms with E-state index in [4.69, 9.17) is 4.74 Å². The second-order valence-corrected chi connectivity index (χ2v) is 7.91. The minimum atomic E-state index is -4.46. The maximum absolute atomic E-state index is 12.9. The number of hydrogen-bond donors (Lipinski definition) is 0. The van der Waals surface area contributed by atoms with Crippen LogP contribution < -0.4 is 0 Å². The number of ether oxygens (including phenoxy) is 1. The van der Waals surface area contributed by atoms with Gasteiger partial charge in [0, 0.05) is 11.3 Å². The zero-order valence-electron chi connectivity index (χ0n) is 15.0. The van der Waals surface area contributed by atoms with Gasteiger partial charge in [-0.05, 0) is 44.0 Å². The zero-order chi connectivity index (χ0) is 19.6. The highest BCUT2D eigenvalue weighted by molar-refractivity contribution is 8.00. The van der Waals surface area contributed by atoms with Crippen LogP contribution in [0, 0.1) is 5.92 Å². The number of thioether (sulfide) groups is 1. The number of hydrogen-bond acceptors (Lipinski definition) is 4. The summed E-state index contributed by atoms with van der Waals surface area (Å²) in [7, 11) is 0. The summed E-state index contributed by atoms with van der Waals surface area (Å²) in [6.45, 7) is 7.31. The molecule has 0 N–H and O–H groups in total. The molecule has 4 nitrogen and oxygen atoms in total. The van der Waals surface area contributed by atoms with E-state index in [-0.39, 0.29) is 23.0 Å². The fourth-order valence-electron chi connectivity index (χ4n) is 2.74. The van der Waals surface area contributed by atoms with E-state index in [1.807, 2.05) is 13.8 Å². The second kappa shape index (κ2) is 7.90. The van der Waals surface area contributed by atoms with Crippen molar-refractivity contribution in [2.24, 2.45) is 5.92 Å². The Balaban J connectivity index is 2.30. The first-order chi connectivity index (χ1) is 12.0. The number of nitrogens with zero attached hydrogens (tertiary/aromatic N) is 1. The molecule has 1 fully saturated rings. The average Bonchev–Trinajstić information content (AvgIpc) is 2.98. The highest BCUT2D eigenvalue weighted by Gasteiger charge is 2.44. The van der Waals surface area contributed by atoms with E-state index < -0.39 is 29.7 Å². The van der Waals surface area contributed by atoms with Crippen LogP contribution in [0.2, 0.25) is 0 Å². The van der Waals surface area contributed by atoms with Crippen molar-refractivity contribution in [1.29, 1.82) is 0 Å². The summed E-state index contributed by atoms with van der Waals surface area (Å²) in [6.07, 6.45) is -4.77. The fourth-order valence-corrected chi connectivity index (χ4v) is 4.21. The third-order valence-electron chi connectivity index (χ3n) is 3.92. The highest BCUT2D eigenvalue weighted by Crippen LogP contribution is 2.36. The van der Waals surface area contributed by atoms with Crippen LogP contribution in [0.5, 0.6) is 0 Å². The molecule has 1 aromatic rings. The topological polar surface area (TPSA) is 46.6 Å². The highest BCUT2D eigenvalue weighted by atomic mass is 32.2. The van der Waals surface area contributed by atoms with Gasteiger partial charge in [-0.15, -0.1) is 11.8 Å². The maximum atomic E-state index is 12.9. The van der Waals surface area contributed by atoms with E-state index in [9.17, 15) is 22.8 Å². The predicted octanol–water partition coefficient (Wildman–Crippen LogP) is 4.20. The van der Waals surface area contributed by atoms with Gasteiger partial charge in [0.2, 0.25) is 0 Å². The molecular weight excluding hydrogens is 367 g/mol. The van der Waals surface area contributed by atoms with Gasteiger partial charge in [0.1, 0.15) is 6.04 Å². The lowest BCUT2D eigenvalue weighted by molar-refractivity contribution is -0.152. The van der Waals surface area contributed by atoms with Crippen molar-refractivity contribution < 1.29 is 27.5 Å². The van der Waals surface area contributed by atoms with Gasteiger partial charge in [-0.2, -0.15) is 13.2 Å². The van der Waals surface area contributed by atoms with Gasteiger partial charge < -0.3 is 9.64 Å². The molecule has 2 atom stereocenters. The number of carbonyl (C=O) groups excluding carboxylic acids is 2. The lowest BCUT2D eigenvalue weighted by Gasteiger charge is -2.31. The molecule has 0 saturated carbocycles. The molecule has 0 spiro atoms. The molecule has 0 aliphatic carbocycles. The van der Waals surface area contributed by atoms with Crippen LogP contribution in [0.1, 0.15) is 43.6 Å². The molecule has 2 unspecified atom stereocenters. The van der Waals surface area contributed by atoms with Gasteiger partial charge >= 0.3 is 12.1 Å². The van der Waals surface area contributed by atoms with Crippen molar-refractivity contribution >= 4 is 23.6 Å². The molecule has 1 aliphatic rings. The van der Waals surface area contributed by atoms with Crippen LogP contribution in [0.4, 0.5) is 13.2 Å². The lowest BCUT2D eigenvalue weighted by atomic mass is 10.1. The number of amides is 1. The molecule has 144 valence electrons.